The van der Waals surface area contributed by atoms with Crippen LogP contribution in [0.5, 0.6) is 0 Å². The van der Waals surface area contributed by atoms with E-state index in [2.05, 4.69) is 0 Å². The first-order valence-corrected chi connectivity index (χ1v) is 5.07. The Kier molecular flexibility index (Phi) is 2.41. The Balaban J connectivity index is 2.92. The summed E-state index contributed by atoms with van der Waals surface area (Å²) in [5.41, 5.74) is -1.26. The number of aryl methyl sites for hydroxylation is 1. The predicted molar refractivity (Wildman–Crippen MR) is 51.5 cm³/mol. The molecule has 2 rings (SSSR count). The van der Waals surface area contributed by atoms with Crippen molar-refractivity contribution in [1.82, 2.24) is 0 Å². The number of alkyl halides is 3. The normalized spacial score (nSPS) is 12.4. The molecule has 0 aliphatic carbocycles. The monoisotopic (exact) mass is 252 g/mol. The SMILES string of the molecule is Cc1sc(F)c2c(C(F)(F)F)cc(F)cc12. The van der Waals surface area contributed by atoms with Crippen molar-refractivity contribution < 1.29 is 22.0 Å². The number of benzene rings is 1. The maximum absolute atomic E-state index is 13.3. The second kappa shape index (κ2) is 3.41. The van der Waals surface area contributed by atoms with Crippen LogP contribution in [0.3, 0.4) is 0 Å². The molecule has 0 aliphatic heterocycles. The molecule has 16 heavy (non-hydrogen) atoms. The van der Waals surface area contributed by atoms with Crippen LogP contribution in [-0.2, 0) is 6.18 Å². The first-order chi connectivity index (χ1) is 7.30. The van der Waals surface area contributed by atoms with E-state index >= 15 is 0 Å². The first-order valence-electron chi connectivity index (χ1n) is 4.26. The highest BCUT2D eigenvalue weighted by Crippen LogP contribution is 2.40. The Bertz CT molecular complexity index is 552. The van der Waals surface area contributed by atoms with Gasteiger partial charge in [-0.25, -0.2) is 4.39 Å². The molecule has 1 heterocycles. The van der Waals surface area contributed by atoms with Crippen molar-refractivity contribution in [1.29, 1.82) is 0 Å². The lowest BCUT2D eigenvalue weighted by Gasteiger charge is -2.08. The smallest absolute Gasteiger partial charge is 0.207 e. The van der Waals surface area contributed by atoms with Crippen molar-refractivity contribution in [3.63, 3.8) is 0 Å². The zero-order valence-corrected chi connectivity index (χ0v) is 8.77. The van der Waals surface area contributed by atoms with E-state index in [4.69, 9.17) is 0 Å². The van der Waals surface area contributed by atoms with Crippen LogP contribution in [0.2, 0.25) is 0 Å². The summed E-state index contributed by atoms with van der Waals surface area (Å²) in [6.07, 6.45) is -4.76. The van der Waals surface area contributed by atoms with Gasteiger partial charge in [-0.15, -0.1) is 11.3 Å². The average Bonchev–Trinajstić information content (AvgIpc) is 2.40. The van der Waals surface area contributed by atoms with E-state index in [-0.39, 0.29) is 5.39 Å². The van der Waals surface area contributed by atoms with Gasteiger partial charge in [-0.1, -0.05) is 0 Å². The standard InChI is InChI=1S/C10H5F5S/c1-4-6-2-5(11)3-7(10(13,14)15)8(6)9(12)16-4/h2-3H,1H3. The van der Waals surface area contributed by atoms with E-state index in [1.165, 1.54) is 6.92 Å². The summed E-state index contributed by atoms with van der Waals surface area (Å²) in [5.74, 6) is -1.01. The van der Waals surface area contributed by atoms with E-state index in [1.54, 1.807) is 0 Å². The summed E-state index contributed by atoms with van der Waals surface area (Å²) < 4.78 is 64.0. The van der Waals surface area contributed by atoms with Crippen LogP contribution in [-0.4, -0.2) is 0 Å². The Morgan fingerprint density at radius 3 is 2.31 bits per heavy atom. The summed E-state index contributed by atoms with van der Waals surface area (Å²) in [6.45, 7) is 1.45. The van der Waals surface area contributed by atoms with E-state index in [9.17, 15) is 22.0 Å². The van der Waals surface area contributed by atoms with Gasteiger partial charge in [0.25, 0.3) is 0 Å². The molecule has 0 N–H and O–H groups in total. The Hall–Kier alpha value is -1.17. The van der Waals surface area contributed by atoms with Gasteiger partial charge in [0.2, 0.25) is 0 Å². The van der Waals surface area contributed by atoms with Crippen molar-refractivity contribution in [2.24, 2.45) is 0 Å². The Morgan fingerprint density at radius 2 is 1.75 bits per heavy atom. The lowest BCUT2D eigenvalue weighted by molar-refractivity contribution is -0.136. The fourth-order valence-corrected chi connectivity index (χ4v) is 2.42. The summed E-state index contributed by atoms with van der Waals surface area (Å²) >= 11 is 0.588. The molecule has 2 aromatic rings. The molecule has 0 spiro atoms. The van der Waals surface area contributed by atoms with Gasteiger partial charge in [0.05, 0.1) is 5.56 Å². The summed E-state index contributed by atoms with van der Waals surface area (Å²) in [6, 6.07) is 1.23. The molecule has 6 heteroatoms. The van der Waals surface area contributed by atoms with Crippen molar-refractivity contribution in [2.45, 2.75) is 13.1 Å². The van der Waals surface area contributed by atoms with Crippen LogP contribution in [0.15, 0.2) is 12.1 Å². The van der Waals surface area contributed by atoms with Gasteiger partial charge >= 0.3 is 6.18 Å². The molecular formula is C10H5F5S. The number of hydrogen-bond donors (Lipinski definition) is 0. The van der Waals surface area contributed by atoms with Gasteiger partial charge in [-0.2, -0.15) is 17.6 Å². The average molecular weight is 252 g/mol. The van der Waals surface area contributed by atoms with Gasteiger partial charge in [0, 0.05) is 15.6 Å². The molecular weight excluding hydrogens is 247 g/mol. The molecule has 0 atom stereocenters. The number of rotatable bonds is 0. The number of halogens is 5. The van der Waals surface area contributed by atoms with Gasteiger partial charge in [0.1, 0.15) is 5.82 Å². The molecule has 1 aromatic carbocycles. The highest BCUT2D eigenvalue weighted by atomic mass is 32.1. The van der Waals surface area contributed by atoms with Gasteiger partial charge in [-0.3, -0.25) is 0 Å². The van der Waals surface area contributed by atoms with Gasteiger partial charge in [0.15, 0.2) is 5.13 Å². The maximum Gasteiger partial charge on any atom is 0.417 e. The Morgan fingerprint density at radius 1 is 1.12 bits per heavy atom. The fraction of sp³-hybridized carbons (Fsp3) is 0.200. The molecule has 0 fully saturated rings. The summed E-state index contributed by atoms with van der Waals surface area (Å²) in [7, 11) is 0. The van der Waals surface area contributed by atoms with Crippen LogP contribution >= 0.6 is 11.3 Å². The quantitative estimate of drug-likeness (QED) is 0.605. The predicted octanol–water partition coefficient (Wildman–Crippen LogP) is 4.51. The minimum absolute atomic E-state index is 0.0187. The molecule has 0 radical (unpaired) electrons. The Labute approximate surface area is 91.3 Å². The molecule has 0 unspecified atom stereocenters. The minimum atomic E-state index is -4.76. The van der Waals surface area contributed by atoms with Crippen molar-refractivity contribution in [3.8, 4) is 0 Å². The molecule has 0 aliphatic rings. The van der Waals surface area contributed by atoms with Crippen LogP contribution in [0.1, 0.15) is 10.4 Å². The molecule has 1 aromatic heterocycles. The third-order valence-corrected chi connectivity index (χ3v) is 3.14. The molecule has 0 saturated carbocycles. The van der Waals surface area contributed by atoms with Crippen LogP contribution in [0, 0.1) is 17.9 Å². The largest absolute Gasteiger partial charge is 0.417 e. The topological polar surface area (TPSA) is 0 Å². The fourth-order valence-electron chi connectivity index (χ4n) is 1.56. The molecule has 0 nitrogen and oxygen atoms in total. The van der Waals surface area contributed by atoms with Crippen molar-refractivity contribution in [2.75, 3.05) is 0 Å². The zero-order valence-electron chi connectivity index (χ0n) is 7.95. The third kappa shape index (κ3) is 1.67. The van der Waals surface area contributed by atoms with Crippen LogP contribution in [0.25, 0.3) is 10.8 Å². The van der Waals surface area contributed by atoms with E-state index in [0.29, 0.717) is 22.3 Å². The number of hydrogen-bond acceptors (Lipinski definition) is 1. The van der Waals surface area contributed by atoms with Crippen LogP contribution < -0.4 is 0 Å². The molecule has 0 bridgehead atoms. The highest BCUT2D eigenvalue weighted by Gasteiger charge is 2.35. The first kappa shape index (κ1) is 11.3. The second-order valence-electron chi connectivity index (χ2n) is 3.31. The second-order valence-corrected chi connectivity index (χ2v) is 4.48. The highest BCUT2D eigenvalue weighted by molar-refractivity contribution is 7.12. The molecule has 0 amide bonds. The maximum atomic E-state index is 13.3. The third-order valence-electron chi connectivity index (χ3n) is 2.23. The zero-order chi connectivity index (χ0) is 12.1. The minimum Gasteiger partial charge on any atom is -0.207 e. The summed E-state index contributed by atoms with van der Waals surface area (Å²) in [4.78, 5) is 0.331. The van der Waals surface area contributed by atoms with Crippen molar-refractivity contribution in [3.05, 3.63) is 33.5 Å². The van der Waals surface area contributed by atoms with Gasteiger partial charge < -0.3 is 0 Å². The van der Waals surface area contributed by atoms with E-state index < -0.39 is 28.1 Å². The molecule has 86 valence electrons. The van der Waals surface area contributed by atoms with E-state index in [1.807, 2.05) is 0 Å². The van der Waals surface area contributed by atoms with Crippen LogP contribution in [0.4, 0.5) is 22.0 Å². The lowest BCUT2D eigenvalue weighted by Crippen LogP contribution is -2.06. The van der Waals surface area contributed by atoms with Gasteiger partial charge in [-0.05, 0) is 19.1 Å². The van der Waals surface area contributed by atoms with E-state index in [0.717, 1.165) is 6.07 Å². The van der Waals surface area contributed by atoms with Crippen molar-refractivity contribution >= 4 is 22.1 Å². The molecule has 0 saturated heterocycles. The number of fused-ring (bicyclic) bond motifs is 1. The lowest BCUT2D eigenvalue weighted by atomic mass is 10.1. The summed E-state index contributed by atoms with van der Waals surface area (Å²) in [5, 5.41) is -1.49. The number of thiophene rings is 1.